The summed E-state index contributed by atoms with van der Waals surface area (Å²) >= 11 is 0. The SMILES string of the molecule is C=CCOc1ccc(C(F)(F)F)cc1C(=O)N1CCC(F)(C(=O)O)C1. The van der Waals surface area contributed by atoms with E-state index in [9.17, 15) is 27.2 Å². The van der Waals surface area contributed by atoms with E-state index in [2.05, 4.69) is 6.58 Å². The van der Waals surface area contributed by atoms with Crippen molar-refractivity contribution in [2.24, 2.45) is 0 Å². The lowest BCUT2D eigenvalue weighted by molar-refractivity contribution is -0.149. The van der Waals surface area contributed by atoms with Crippen molar-refractivity contribution >= 4 is 11.9 Å². The molecule has 0 spiro atoms. The molecule has 5 nitrogen and oxygen atoms in total. The van der Waals surface area contributed by atoms with E-state index < -0.39 is 47.8 Å². The number of carboxylic acids is 1. The summed E-state index contributed by atoms with van der Waals surface area (Å²) in [5, 5.41) is 8.87. The summed E-state index contributed by atoms with van der Waals surface area (Å²) in [6.07, 6.45) is -3.77. The predicted molar refractivity (Wildman–Crippen MR) is 79.1 cm³/mol. The van der Waals surface area contributed by atoms with Crippen LogP contribution in [0.4, 0.5) is 17.6 Å². The van der Waals surface area contributed by atoms with Gasteiger partial charge >= 0.3 is 12.1 Å². The molecule has 0 radical (unpaired) electrons. The number of hydrogen-bond donors (Lipinski definition) is 1. The van der Waals surface area contributed by atoms with Crippen LogP contribution in [-0.4, -0.2) is 47.2 Å². The molecule has 1 aliphatic heterocycles. The van der Waals surface area contributed by atoms with Crippen molar-refractivity contribution in [3.05, 3.63) is 42.0 Å². The fraction of sp³-hybridized carbons (Fsp3) is 0.375. The molecule has 1 amide bonds. The van der Waals surface area contributed by atoms with E-state index in [0.29, 0.717) is 6.07 Å². The predicted octanol–water partition coefficient (Wildman–Crippen LogP) is 2.91. The highest BCUT2D eigenvalue weighted by molar-refractivity contribution is 5.98. The van der Waals surface area contributed by atoms with Gasteiger partial charge in [0.15, 0.2) is 0 Å². The summed E-state index contributed by atoms with van der Waals surface area (Å²) in [4.78, 5) is 24.3. The van der Waals surface area contributed by atoms with Crippen LogP contribution in [0.15, 0.2) is 30.9 Å². The number of nitrogens with zero attached hydrogens (tertiary/aromatic N) is 1. The second-order valence-electron chi connectivity index (χ2n) is 5.56. The monoisotopic (exact) mass is 361 g/mol. The van der Waals surface area contributed by atoms with E-state index in [-0.39, 0.29) is 18.9 Å². The van der Waals surface area contributed by atoms with Gasteiger partial charge in [-0.15, -0.1) is 0 Å². The number of amides is 1. The van der Waals surface area contributed by atoms with E-state index in [1.165, 1.54) is 6.08 Å². The van der Waals surface area contributed by atoms with Crippen LogP contribution in [0.3, 0.4) is 0 Å². The van der Waals surface area contributed by atoms with Crippen molar-refractivity contribution in [1.82, 2.24) is 4.90 Å². The molecule has 1 atom stereocenters. The number of ether oxygens (including phenoxy) is 1. The normalized spacial score (nSPS) is 20.4. The zero-order chi connectivity index (χ0) is 18.8. The number of carbonyl (C=O) groups is 2. The second kappa shape index (κ2) is 6.73. The Balaban J connectivity index is 2.36. The molecule has 1 unspecified atom stereocenters. The first-order chi connectivity index (χ1) is 11.6. The van der Waals surface area contributed by atoms with Crippen molar-refractivity contribution in [2.45, 2.75) is 18.3 Å². The topological polar surface area (TPSA) is 66.8 Å². The molecule has 2 rings (SSSR count). The zero-order valence-corrected chi connectivity index (χ0v) is 13.0. The van der Waals surface area contributed by atoms with Gasteiger partial charge in [0.2, 0.25) is 5.67 Å². The molecule has 1 N–H and O–H groups in total. The number of benzene rings is 1. The molecule has 0 aromatic heterocycles. The first-order valence-corrected chi connectivity index (χ1v) is 7.25. The smallest absolute Gasteiger partial charge is 0.416 e. The molecular weight excluding hydrogens is 346 g/mol. The minimum absolute atomic E-state index is 0.0478. The van der Waals surface area contributed by atoms with Crippen LogP contribution in [-0.2, 0) is 11.0 Å². The van der Waals surface area contributed by atoms with Gasteiger partial charge < -0.3 is 14.7 Å². The molecular formula is C16H15F4NO4. The van der Waals surface area contributed by atoms with Gasteiger partial charge in [0.05, 0.1) is 17.7 Å². The molecule has 0 bridgehead atoms. The Morgan fingerprint density at radius 1 is 1.40 bits per heavy atom. The number of alkyl halides is 4. The highest BCUT2D eigenvalue weighted by atomic mass is 19.4. The number of hydrogen-bond acceptors (Lipinski definition) is 3. The minimum Gasteiger partial charge on any atom is -0.489 e. The third kappa shape index (κ3) is 3.92. The highest BCUT2D eigenvalue weighted by Crippen LogP contribution is 2.34. The van der Waals surface area contributed by atoms with Crippen LogP contribution in [0.5, 0.6) is 5.75 Å². The van der Waals surface area contributed by atoms with Gasteiger partial charge in [-0.1, -0.05) is 12.7 Å². The van der Waals surface area contributed by atoms with Gasteiger partial charge in [0.25, 0.3) is 5.91 Å². The van der Waals surface area contributed by atoms with Crippen LogP contribution in [0, 0.1) is 0 Å². The number of aliphatic carboxylic acids is 1. The van der Waals surface area contributed by atoms with E-state index in [1.807, 2.05) is 0 Å². The van der Waals surface area contributed by atoms with Crippen LogP contribution in [0.2, 0.25) is 0 Å². The number of halogens is 4. The molecule has 136 valence electrons. The summed E-state index contributed by atoms with van der Waals surface area (Å²) in [5.74, 6) is -2.76. The summed E-state index contributed by atoms with van der Waals surface area (Å²) in [6.45, 7) is 2.40. The molecule has 1 heterocycles. The molecule has 0 saturated carbocycles. The largest absolute Gasteiger partial charge is 0.489 e. The highest BCUT2D eigenvalue weighted by Gasteiger charge is 2.47. The first-order valence-electron chi connectivity index (χ1n) is 7.25. The number of carbonyl (C=O) groups excluding carboxylic acids is 1. The van der Waals surface area contributed by atoms with Gasteiger partial charge in [-0.25, -0.2) is 9.18 Å². The molecule has 0 aliphatic carbocycles. The summed E-state index contributed by atoms with van der Waals surface area (Å²) in [5.41, 5.74) is -4.09. The maximum atomic E-state index is 14.1. The average Bonchev–Trinajstić information content (AvgIpc) is 2.95. The van der Waals surface area contributed by atoms with Crippen LogP contribution in [0.25, 0.3) is 0 Å². The van der Waals surface area contributed by atoms with Crippen LogP contribution in [0.1, 0.15) is 22.3 Å². The van der Waals surface area contributed by atoms with E-state index >= 15 is 0 Å². The molecule has 1 aliphatic rings. The van der Waals surface area contributed by atoms with Crippen molar-refractivity contribution < 1.29 is 37.0 Å². The third-order valence-corrected chi connectivity index (χ3v) is 3.78. The zero-order valence-electron chi connectivity index (χ0n) is 13.0. The number of carboxylic acid groups (broad SMARTS) is 1. The fourth-order valence-corrected chi connectivity index (χ4v) is 2.44. The van der Waals surface area contributed by atoms with E-state index in [4.69, 9.17) is 9.84 Å². The first kappa shape index (κ1) is 18.8. The van der Waals surface area contributed by atoms with E-state index in [0.717, 1.165) is 17.0 Å². The molecule has 1 aromatic rings. The third-order valence-electron chi connectivity index (χ3n) is 3.78. The standard InChI is InChI=1S/C16H15F4NO4/c1-2-7-25-12-4-3-10(16(18,19)20)8-11(12)13(22)21-6-5-15(17,9-21)14(23)24/h2-4,8H,1,5-7,9H2,(H,23,24). The summed E-state index contributed by atoms with van der Waals surface area (Å²) in [7, 11) is 0. The molecule has 25 heavy (non-hydrogen) atoms. The van der Waals surface area contributed by atoms with Gasteiger partial charge in [-0.05, 0) is 18.2 Å². The molecule has 1 fully saturated rings. The molecule has 1 saturated heterocycles. The van der Waals surface area contributed by atoms with Crippen LogP contribution < -0.4 is 4.74 Å². The Kier molecular flexibility index (Phi) is 5.05. The Bertz CT molecular complexity index is 704. The van der Waals surface area contributed by atoms with Gasteiger partial charge in [-0.3, -0.25) is 4.79 Å². The summed E-state index contributed by atoms with van der Waals surface area (Å²) in [6, 6.07) is 2.37. The maximum Gasteiger partial charge on any atom is 0.416 e. The van der Waals surface area contributed by atoms with E-state index in [1.54, 1.807) is 0 Å². The molecule has 1 aromatic carbocycles. The number of rotatable bonds is 5. The Morgan fingerprint density at radius 2 is 2.08 bits per heavy atom. The van der Waals surface area contributed by atoms with Crippen molar-refractivity contribution in [3.8, 4) is 5.75 Å². The van der Waals surface area contributed by atoms with Crippen LogP contribution >= 0.6 is 0 Å². The lowest BCUT2D eigenvalue weighted by Crippen LogP contribution is -2.39. The lowest BCUT2D eigenvalue weighted by Gasteiger charge is -2.20. The van der Waals surface area contributed by atoms with Crippen molar-refractivity contribution in [1.29, 1.82) is 0 Å². The van der Waals surface area contributed by atoms with Crippen molar-refractivity contribution in [3.63, 3.8) is 0 Å². The molecule has 9 heteroatoms. The quantitative estimate of drug-likeness (QED) is 0.647. The minimum atomic E-state index is -4.68. The maximum absolute atomic E-state index is 14.1. The lowest BCUT2D eigenvalue weighted by atomic mass is 10.1. The average molecular weight is 361 g/mol. The summed E-state index contributed by atoms with van der Waals surface area (Å²) < 4.78 is 58.0. The van der Waals surface area contributed by atoms with Gasteiger partial charge in [0, 0.05) is 13.0 Å². The fourth-order valence-electron chi connectivity index (χ4n) is 2.44. The Labute approximate surface area is 140 Å². The van der Waals surface area contributed by atoms with Gasteiger partial charge in [-0.2, -0.15) is 13.2 Å². The Hall–Kier alpha value is -2.58. The second-order valence-corrected chi connectivity index (χ2v) is 5.56. The van der Waals surface area contributed by atoms with Crippen molar-refractivity contribution in [2.75, 3.05) is 19.7 Å². The Morgan fingerprint density at radius 3 is 2.60 bits per heavy atom. The number of likely N-dealkylation sites (tertiary alicyclic amines) is 1. The van der Waals surface area contributed by atoms with Gasteiger partial charge in [0.1, 0.15) is 12.4 Å².